The fraction of sp³-hybridized carbons (Fsp3) is 0.682. The van der Waals surface area contributed by atoms with E-state index in [0.717, 1.165) is 12.8 Å². The third-order valence-corrected chi connectivity index (χ3v) is 7.44. The average molecular weight is 422 g/mol. The van der Waals surface area contributed by atoms with Crippen LogP contribution < -0.4 is 9.62 Å². The zero-order valence-corrected chi connectivity index (χ0v) is 19.6. The number of likely N-dealkylation sites (tertiary alicyclic amines) is 1. The summed E-state index contributed by atoms with van der Waals surface area (Å²) >= 11 is -1.19. The lowest BCUT2D eigenvalue weighted by Gasteiger charge is -2.47. The summed E-state index contributed by atoms with van der Waals surface area (Å²) < 4.78 is 21.6. The minimum atomic E-state index is -1.19. The molecule has 1 N–H and O–H groups in total. The molecular formula is C22H35N3O3S. The van der Waals surface area contributed by atoms with Crippen molar-refractivity contribution >= 4 is 23.1 Å². The summed E-state index contributed by atoms with van der Waals surface area (Å²) in [7, 11) is 2.11. The molecule has 0 radical (unpaired) electrons. The van der Waals surface area contributed by atoms with Crippen LogP contribution in [0.3, 0.4) is 0 Å². The number of fused-ring (bicyclic) bond motifs is 1. The summed E-state index contributed by atoms with van der Waals surface area (Å²) in [5.41, 5.74) is 1.63. The van der Waals surface area contributed by atoms with Crippen molar-refractivity contribution in [2.75, 3.05) is 25.0 Å². The van der Waals surface area contributed by atoms with Gasteiger partial charge in [-0.3, -0.25) is 0 Å². The molecule has 1 aromatic carbocycles. The Bertz CT molecular complexity index is 748. The van der Waals surface area contributed by atoms with Gasteiger partial charge in [-0.1, -0.05) is 18.2 Å². The fourth-order valence-corrected chi connectivity index (χ4v) is 5.16. The van der Waals surface area contributed by atoms with E-state index in [4.69, 9.17) is 4.74 Å². The molecule has 2 aliphatic rings. The first-order valence-corrected chi connectivity index (χ1v) is 11.5. The van der Waals surface area contributed by atoms with Crippen LogP contribution >= 0.6 is 0 Å². The Morgan fingerprint density at radius 1 is 1.17 bits per heavy atom. The van der Waals surface area contributed by atoms with Gasteiger partial charge in [-0.2, -0.15) is 0 Å². The van der Waals surface area contributed by atoms with Gasteiger partial charge < -0.3 is 19.1 Å². The van der Waals surface area contributed by atoms with E-state index in [1.165, 1.54) is 11.3 Å². The van der Waals surface area contributed by atoms with Gasteiger partial charge >= 0.3 is 6.09 Å². The Morgan fingerprint density at radius 2 is 1.76 bits per heavy atom. The van der Waals surface area contributed by atoms with Crippen LogP contribution in [0.25, 0.3) is 0 Å². The molecular weight excluding hydrogens is 386 g/mol. The number of rotatable bonds is 2. The third kappa shape index (κ3) is 4.37. The zero-order chi connectivity index (χ0) is 21.6. The SMILES string of the molecule is CN1c2ccccc2[C@H](N[S@+]([O-])C(C)(C)C)C12CCN(C(=O)OC(C)(C)C)CC2. The number of carbonyl (C=O) groups is 1. The lowest BCUT2D eigenvalue weighted by Crippen LogP contribution is -2.59. The summed E-state index contributed by atoms with van der Waals surface area (Å²) in [4.78, 5) is 16.7. The minimum absolute atomic E-state index is 0.0513. The van der Waals surface area contributed by atoms with Crippen LogP contribution in [-0.4, -0.2) is 51.6 Å². The molecule has 2 aliphatic heterocycles. The number of hydrogen-bond donors (Lipinski definition) is 1. The number of amides is 1. The van der Waals surface area contributed by atoms with Crippen LogP contribution in [0.4, 0.5) is 10.5 Å². The Labute approximate surface area is 178 Å². The molecule has 1 fully saturated rings. The van der Waals surface area contributed by atoms with E-state index in [9.17, 15) is 9.35 Å². The standard InChI is InChI=1S/C22H35N3O3S/c1-20(2,3)28-19(26)25-14-12-22(13-15-25)18(23-29(27)21(4,5)6)16-10-8-9-11-17(16)24(22)7/h8-11,18,23H,12-15H2,1-7H3/t18-,29+/m0/s1. The Morgan fingerprint density at radius 3 is 2.31 bits per heavy atom. The van der Waals surface area contributed by atoms with E-state index in [-0.39, 0.29) is 22.4 Å². The average Bonchev–Trinajstić information content (AvgIpc) is 2.83. The van der Waals surface area contributed by atoms with Gasteiger partial charge in [-0.25, -0.2) is 4.79 Å². The zero-order valence-electron chi connectivity index (χ0n) is 18.7. The first kappa shape index (κ1) is 22.2. The molecule has 3 rings (SSSR count). The highest BCUT2D eigenvalue weighted by molar-refractivity contribution is 7.90. The molecule has 29 heavy (non-hydrogen) atoms. The maximum absolute atomic E-state index is 13.0. The molecule has 7 heteroatoms. The van der Waals surface area contributed by atoms with Gasteiger partial charge in [0.25, 0.3) is 0 Å². The van der Waals surface area contributed by atoms with Gasteiger partial charge in [0.1, 0.15) is 16.4 Å². The normalized spacial score (nSPS) is 22.6. The summed E-state index contributed by atoms with van der Waals surface area (Å²) in [6.45, 7) is 12.9. The van der Waals surface area contributed by atoms with Crippen LogP contribution in [-0.2, 0) is 16.1 Å². The van der Waals surface area contributed by atoms with Gasteiger partial charge in [0.05, 0.1) is 5.54 Å². The Balaban J connectivity index is 1.84. The number of piperidine rings is 1. The lowest BCUT2D eigenvalue weighted by molar-refractivity contribution is 0.0154. The molecule has 0 saturated carbocycles. The monoisotopic (exact) mass is 421 g/mol. The van der Waals surface area contributed by atoms with Gasteiger partial charge in [0.15, 0.2) is 0 Å². The maximum Gasteiger partial charge on any atom is 0.410 e. The Hall–Kier alpha value is -1.44. The van der Waals surface area contributed by atoms with Crippen molar-refractivity contribution in [1.82, 2.24) is 9.62 Å². The summed E-state index contributed by atoms with van der Waals surface area (Å²) in [6, 6.07) is 8.28. The minimum Gasteiger partial charge on any atom is -0.598 e. The van der Waals surface area contributed by atoms with Crippen LogP contribution in [0.1, 0.15) is 66.0 Å². The molecule has 0 aromatic heterocycles. The molecule has 2 atom stereocenters. The van der Waals surface area contributed by atoms with E-state index < -0.39 is 17.0 Å². The summed E-state index contributed by atoms with van der Waals surface area (Å²) in [5, 5.41) is 0. The Kier molecular flexibility index (Phi) is 5.89. The number of likely N-dealkylation sites (N-methyl/N-ethyl adjacent to an activating group) is 1. The predicted molar refractivity (Wildman–Crippen MR) is 118 cm³/mol. The highest BCUT2D eigenvalue weighted by Crippen LogP contribution is 2.51. The predicted octanol–water partition coefficient (Wildman–Crippen LogP) is 4.00. The quantitative estimate of drug-likeness (QED) is 0.731. The second-order valence-electron chi connectivity index (χ2n) is 10.1. The largest absolute Gasteiger partial charge is 0.598 e. The van der Waals surface area contributed by atoms with Gasteiger partial charge in [0.2, 0.25) is 0 Å². The van der Waals surface area contributed by atoms with E-state index in [1.54, 1.807) is 4.90 Å². The van der Waals surface area contributed by atoms with Crippen LogP contribution in [0.2, 0.25) is 0 Å². The van der Waals surface area contributed by atoms with Gasteiger partial charge in [-0.05, 0) is 66.0 Å². The maximum atomic E-state index is 13.0. The van der Waals surface area contributed by atoms with Gasteiger partial charge in [-0.15, -0.1) is 4.72 Å². The fourth-order valence-electron chi connectivity index (χ4n) is 4.24. The van der Waals surface area contributed by atoms with Crippen molar-refractivity contribution < 1.29 is 14.1 Å². The summed E-state index contributed by atoms with van der Waals surface area (Å²) in [6.07, 6.45) is 1.32. The molecule has 0 aliphatic carbocycles. The molecule has 0 unspecified atom stereocenters. The van der Waals surface area contributed by atoms with Crippen molar-refractivity contribution in [3.8, 4) is 0 Å². The number of hydrogen-bond acceptors (Lipinski definition) is 5. The number of anilines is 1. The van der Waals surface area contributed by atoms with Crippen LogP contribution in [0.5, 0.6) is 0 Å². The van der Waals surface area contributed by atoms with Gasteiger partial charge in [0, 0.05) is 37.2 Å². The smallest absolute Gasteiger partial charge is 0.410 e. The van der Waals surface area contributed by atoms with Crippen molar-refractivity contribution in [3.63, 3.8) is 0 Å². The molecule has 1 amide bonds. The third-order valence-electron chi connectivity index (χ3n) is 5.88. The van der Waals surface area contributed by atoms with Crippen molar-refractivity contribution in [2.45, 2.75) is 76.3 Å². The van der Waals surface area contributed by atoms with Crippen molar-refractivity contribution in [1.29, 1.82) is 0 Å². The first-order chi connectivity index (χ1) is 13.3. The summed E-state index contributed by atoms with van der Waals surface area (Å²) in [5.74, 6) is 0. The number of para-hydroxylation sites is 1. The van der Waals surface area contributed by atoms with E-state index in [0.29, 0.717) is 13.1 Å². The number of nitrogens with zero attached hydrogens (tertiary/aromatic N) is 2. The van der Waals surface area contributed by atoms with E-state index in [1.807, 2.05) is 53.7 Å². The molecule has 6 nitrogen and oxygen atoms in total. The highest BCUT2D eigenvalue weighted by Gasteiger charge is 2.54. The van der Waals surface area contributed by atoms with E-state index >= 15 is 0 Å². The topological polar surface area (TPSA) is 67.9 Å². The second kappa shape index (κ2) is 7.67. The highest BCUT2D eigenvalue weighted by atomic mass is 32.2. The van der Waals surface area contributed by atoms with Crippen LogP contribution in [0, 0.1) is 0 Å². The van der Waals surface area contributed by atoms with Crippen LogP contribution in [0.15, 0.2) is 24.3 Å². The number of ether oxygens (including phenoxy) is 1. The molecule has 0 bridgehead atoms. The van der Waals surface area contributed by atoms with Crippen molar-refractivity contribution in [3.05, 3.63) is 29.8 Å². The molecule has 162 valence electrons. The number of nitrogens with one attached hydrogen (secondary N) is 1. The van der Waals surface area contributed by atoms with Crippen molar-refractivity contribution in [2.24, 2.45) is 0 Å². The molecule has 1 aromatic rings. The molecule has 2 heterocycles. The lowest BCUT2D eigenvalue weighted by atomic mass is 9.80. The first-order valence-electron chi connectivity index (χ1n) is 10.3. The second-order valence-corrected chi connectivity index (χ2v) is 12.1. The number of carbonyl (C=O) groups excluding carboxylic acids is 1. The number of benzene rings is 1. The van der Waals surface area contributed by atoms with E-state index in [2.05, 4.69) is 28.8 Å². The molecule has 1 spiro atoms. The molecule has 1 saturated heterocycles.